The second-order valence-corrected chi connectivity index (χ2v) is 10.3. The first-order valence-electron chi connectivity index (χ1n) is 10.5. The van der Waals surface area contributed by atoms with Crippen molar-refractivity contribution < 1.29 is 50.7 Å². The molecule has 0 N–H and O–H groups in total. The molecular weight excluding hydrogens is 598 g/mol. The second-order valence-electron chi connectivity index (χ2n) is 10.3. The Morgan fingerprint density at radius 2 is 1.12 bits per heavy atom. The molecule has 0 aliphatic carbocycles. The summed E-state index contributed by atoms with van der Waals surface area (Å²) < 4.78 is 0. The van der Waals surface area contributed by atoms with E-state index in [2.05, 4.69) is 120 Å². The van der Waals surface area contributed by atoms with Gasteiger partial charge in [-0.3, -0.25) is 0 Å². The summed E-state index contributed by atoms with van der Waals surface area (Å²) in [4.78, 5) is 0. The van der Waals surface area contributed by atoms with Crippen LogP contribution in [0.15, 0.2) is 78.9 Å². The number of benzene rings is 3. The van der Waals surface area contributed by atoms with Gasteiger partial charge in [0.2, 0.25) is 0 Å². The topological polar surface area (TPSA) is 0 Å². The SMILES string of the molecule is CC(C)(C)c1cc(-c2cc3cc(-c4ccccc4)ccc3[cH-]2)cc(C(C)(C)C)c1.[Cl-].[Cl-].[Hf]. The molecule has 4 aromatic rings. The molecule has 0 nitrogen and oxygen atoms in total. The van der Waals surface area contributed by atoms with Gasteiger partial charge in [-0.15, -0.1) is 34.5 Å². The van der Waals surface area contributed by atoms with Crippen LogP contribution in [0.2, 0.25) is 0 Å². The van der Waals surface area contributed by atoms with Crippen molar-refractivity contribution in [1.82, 2.24) is 0 Å². The number of halogens is 2. The Kier molecular flexibility index (Phi) is 9.67. The molecule has 0 aromatic heterocycles. The van der Waals surface area contributed by atoms with Gasteiger partial charge >= 0.3 is 0 Å². The van der Waals surface area contributed by atoms with Crippen molar-refractivity contribution in [1.29, 1.82) is 0 Å². The van der Waals surface area contributed by atoms with Crippen LogP contribution in [0.4, 0.5) is 0 Å². The maximum Gasteiger partial charge on any atom is 0 e. The predicted octanol–water partition coefficient (Wildman–Crippen LogP) is 2.49. The first-order valence-corrected chi connectivity index (χ1v) is 10.5. The average molecular weight is 629 g/mol. The first kappa shape index (κ1) is 28.8. The molecule has 168 valence electrons. The molecule has 0 atom stereocenters. The molecule has 0 spiro atoms. The Morgan fingerprint density at radius 1 is 0.562 bits per heavy atom. The van der Waals surface area contributed by atoms with E-state index < -0.39 is 0 Å². The minimum Gasteiger partial charge on any atom is -1.00 e. The molecule has 0 aliphatic rings. The molecule has 0 saturated heterocycles. The number of hydrogen-bond acceptors (Lipinski definition) is 0. The van der Waals surface area contributed by atoms with Gasteiger partial charge in [0.05, 0.1) is 0 Å². The smallest absolute Gasteiger partial charge is 0 e. The van der Waals surface area contributed by atoms with E-state index in [1.54, 1.807) is 0 Å². The van der Waals surface area contributed by atoms with Gasteiger partial charge in [-0.25, -0.2) is 0 Å². The Labute approximate surface area is 224 Å². The first-order chi connectivity index (χ1) is 13.6. The summed E-state index contributed by atoms with van der Waals surface area (Å²) in [5.41, 5.74) is 8.22. The van der Waals surface area contributed by atoms with Gasteiger partial charge in [0.25, 0.3) is 0 Å². The van der Waals surface area contributed by atoms with Crippen LogP contribution in [0, 0.1) is 0 Å². The molecule has 0 fully saturated rings. The van der Waals surface area contributed by atoms with E-state index in [1.807, 2.05) is 0 Å². The zero-order chi connectivity index (χ0) is 20.8. The molecule has 4 aromatic carbocycles. The quantitative estimate of drug-likeness (QED) is 0.237. The van der Waals surface area contributed by atoms with Crippen molar-refractivity contribution >= 4 is 10.8 Å². The summed E-state index contributed by atoms with van der Waals surface area (Å²) in [5, 5.41) is 2.61. The van der Waals surface area contributed by atoms with Gasteiger partial charge in [0.1, 0.15) is 0 Å². The van der Waals surface area contributed by atoms with E-state index in [0.717, 1.165) is 0 Å². The fraction of sp³-hybridized carbons (Fsp3) is 0.276. The molecule has 0 amide bonds. The van der Waals surface area contributed by atoms with E-state index in [-0.39, 0.29) is 61.5 Å². The predicted molar refractivity (Wildman–Crippen MR) is 128 cm³/mol. The van der Waals surface area contributed by atoms with Crippen LogP contribution in [0.5, 0.6) is 0 Å². The monoisotopic (exact) mass is 629 g/mol. The van der Waals surface area contributed by atoms with Gasteiger partial charge in [0.15, 0.2) is 0 Å². The summed E-state index contributed by atoms with van der Waals surface area (Å²) >= 11 is 0. The zero-order valence-electron chi connectivity index (χ0n) is 19.8. The zero-order valence-corrected chi connectivity index (χ0v) is 24.9. The van der Waals surface area contributed by atoms with Gasteiger partial charge in [-0.2, -0.15) is 0 Å². The summed E-state index contributed by atoms with van der Waals surface area (Å²) in [6.45, 7) is 13.8. The largest absolute Gasteiger partial charge is 1.00 e. The fourth-order valence-corrected chi connectivity index (χ4v) is 3.85. The maximum absolute atomic E-state index is 2.39. The van der Waals surface area contributed by atoms with Gasteiger partial charge in [-0.1, -0.05) is 108 Å². The van der Waals surface area contributed by atoms with Gasteiger partial charge in [-0.05, 0) is 33.1 Å². The van der Waals surface area contributed by atoms with Crippen molar-refractivity contribution in [3.63, 3.8) is 0 Å². The summed E-state index contributed by atoms with van der Waals surface area (Å²) in [6, 6.07) is 29.2. The number of fused-ring (bicyclic) bond motifs is 1. The average Bonchev–Trinajstić information content (AvgIpc) is 3.10. The van der Waals surface area contributed by atoms with E-state index in [1.165, 1.54) is 44.2 Å². The molecule has 0 aliphatic heterocycles. The van der Waals surface area contributed by atoms with E-state index >= 15 is 0 Å². The maximum atomic E-state index is 2.39. The molecule has 0 saturated carbocycles. The van der Waals surface area contributed by atoms with Crippen LogP contribution < -0.4 is 24.8 Å². The van der Waals surface area contributed by atoms with Crippen LogP contribution in [0.3, 0.4) is 0 Å². The molecule has 3 heteroatoms. The minimum absolute atomic E-state index is 0. The van der Waals surface area contributed by atoms with Crippen LogP contribution >= 0.6 is 0 Å². The molecule has 4 rings (SSSR count). The van der Waals surface area contributed by atoms with E-state index in [4.69, 9.17) is 0 Å². The fourth-order valence-electron chi connectivity index (χ4n) is 3.85. The normalized spacial score (nSPS) is 11.3. The third kappa shape index (κ3) is 6.19. The number of hydrogen-bond donors (Lipinski definition) is 0. The number of rotatable bonds is 2. The van der Waals surface area contributed by atoms with Crippen molar-refractivity contribution in [3.8, 4) is 22.3 Å². The van der Waals surface area contributed by atoms with Crippen molar-refractivity contribution in [3.05, 3.63) is 90.0 Å². The van der Waals surface area contributed by atoms with Crippen LogP contribution in [-0.2, 0) is 36.7 Å². The Morgan fingerprint density at radius 3 is 1.66 bits per heavy atom. The Hall–Kier alpha value is -1.28. The van der Waals surface area contributed by atoms with Crippen LogP contribution in [0.1, 0.15) is 52.7 Å². The molecular formula is C29H31Cl2Hf-3. The molecule has 0 unspecified atom stereocenters. The van der Waals surface area contributed by atoms with Crippen molar-refractivity contribution in [2.45, 2.75) is 52.4 Å². The summed E-state index contributed by atoms with van der Waals surface area (Å²) in [6.07, 6.45) is 0. The standard InChI is InChI=1S/C29H31.2ClH.Hf/c1-28(2,3)26-17-25(18-27(19-26)29(4,5)6)24-15-22-13-12-21(14-23(22)16-24)20-10-8-7-9-11-20;;;/h7-19H,1-6H3;2*1H;/q-1;;;/p-2. The summed E-state index contributed by atoms with van der Waals surface area (Å²) in [7, 11) is 0. The van der Waals surface area contributed by atoms with E-state index in [9.17, 15) is 0 Å². The third-order valence-electron chi connectivity index (χ3n) is 5.81. The molecule has 0 bridgehead atoms. The van der Waals surface area contributed by atoms with Crippen molar-refractivity contribution in [2.24, 2.45) is 0 Å². The van der Waals surface area contributed by atoms with Gasteiger partial charge in [0, 0.05) is 25.8 Å². The molecule has 0 radical (unpaired) electrons. The van der Waals surface area contributed by atoms with Crippen molar-refractivity contribution in [2.75, 3.05) is 0 Å². The molecule has 32 heavy (non-hydrogen) atoms. The second kappa shape index (κ2) is 10.8. The molecule has 0 heterocycles. The third-order valence-corrected chi connectivity index (χ3v) is 5.81. The van der Waals surface area contributed by atoms with Crippen LogP contribution in [0.25, 0.3) is 33.0 Å². The van der Waals surface area contributed by atoms with Crippen LogP contribution in [-0.4, -0.2) is 0 Å². The summed E-state index contributed by atoms with van der Waals surface area (Å²) in [5.74, 6) is 0. The Bertz CT molecular complexity index is 1130. The van der Waals surface area contributed by atoms with Gasteiger partial charge < -0.3 is 24.8 Å². The minimum atomic E-state index is 0. The van der Waals surface area contributed by atoms with E-state index in [0.29, 0.717) is 0 Å². The Balaban J connectivity index is 0.00000171.